The molecule has 2 rings (SSSR count). The van der Waals surface area contributed by atoms with E-state index in [1.807, 2.05) is 18.2 Å². The number of carbonyl (C=O) groups excluding carboxylic acids is 1. The lowest BCUT2D eigenvalue weighted by Crippen LogP contribution is -2.20. The highest BCUT2D eigenvalue weighted by Gasteiger charge is 2.29. The average Bonchev–Trinajstić information content (AvgIpc) is 2.72. The number of rotatable bonds is 11. The summed E-state index contributed by atoms with van der Waals surface area (Å²) in [6.07, 6.45) is -0.908. The number of benzene rings is 2. The first-order valence-corrected chi connectivity index (χ1v) is 8.84. The second-order valence-electron chi connectivity index (χ2n) is 5.34. The summed E-state index contributed by atoms with van der Waals surface area (Å²) >= 11 is 0. The van der Waals surface area contributed by atoms with Gasteiger partial charge in [0.15, 0.2) is 0 Å². The number of hydrogen-bond acceptors (Lipinski definition) is 7. The van der Waals surface area contributed by atoms with Crippen LogP contribution in [0.5, 0.6) is 17.2 Å². The number of carbonyl (C=O) groups is 1. The molecule has 0 amide bonds. The molecule has 0 N–H and O–H groups in total. The Hall–Kier alpha value is -2.47. The first kappa shape index (κ1) is 20.8. The van der Waals surface area contributed by atoms with Crippen LogP contribution in [0.25, 0.3) is 0 Å². The predicted octanol–water partition coefficient (Wildman–Crippen LogP) is 3.88. The summed E-state index contributed by atoms with van der Waals surface area (Å²) in [5.41, 5.74) is 0.916. The lowest BCUT2D eigenvalue weighted by Gasteiger charge is -2.20. The van der Waals surface area contributed by atoms with Gasteiger partial charge in [-0.05, 0) is 5.56 Å². The van der Waals surface area contributed by atoms with E-state index < -0.39 is 14.8 Å². The van der Waals surface area contributed by atoms with Crippen molar-refractivity contribution in [1.29, 1.82) is 0 Å². The van der Waals surface area contributed by atoms with Crippen molar-refractivity contribution >= 4 is 14.5 Å². The number of ether oxygens (including phenoxy) is 4. The topological polar surface area (TPSA) is 80.3 Å². The molecular weight excluding hydrogens is 371 g/mol. The Morgan fingerprint density at radius 3 is 2.11 bits per heavy atom. The summed E-state index contributed by atoms with van der Waals surface area (Å²) in [7, 11) is 4.00. The zero-order valence-electron chi connectivity index (χ0n) is 15.3. The fourth-order valence-electron chi connectivity index (χ4n) is 2.57. The Kier molecular flexibility index (Phi) is 8.20. The first-order valence-electron chi connectivity index (χ1n) is 8.11. The number of ketones is 1. The highest BCUT2D eigenvalue weighted by atomic mass is 31.1. The molecule has 2 aromatic carbocycles. The minimum absolute atomic E-state index is 0.0819. The number of Topliss-reactive ketones (excluding diaryl/α,β-unsaturated/α-hetero) is 1. The molecular formula is C19H21O7P. The van der Waals surface area contributed by atoms with E-state index in [-0.39, 0.29) is 24.6 Å². The Morgan fingerprint density at radius 2 is 1.59 bits per heavy atom. The summed E-state index contributed by atoms with van der Waals surface area (Å²) < 4.78 is 36.9. The monoisotopic (exact) mass is 392 g/mol. The van der Waals surface area contributed by atoms with Crippen LogP contribution in [-0.4, -0.2) is 40.3 Å². The van der Waals surface area contributed by atoms with Crippen LogP contribution < -0.4 is 14.2 Å². The van der Waals surface area contributed by atoms with Gasteiger partial charge >= 0.3 is 8.69 Å². The third-order valence-corrected chi connectivity index (χ3v) is 4.10. The van der Waals surface area contributed by atoms with Gasteiger partial charge in [0, 0.05) is 12.1 Å². The fraction of sp³-hybridized carbons (Fsp3) is 0.316. The van der Waals surface area contributed by atoms with E-state index in [0.29, 0.717) is 22.8 Å². The molecule has 144 valence electrons. The van der Waals surface area contributed by atoms with Gasteiger partial charge in [-0.3, -0.25) is 9.32 Å². The van der Waals surface area contributed by atoms with Crippen LogP contribution in [-0.2, 0) is 13.8 Å². The SMILES string of the molecule is COc1cc(OC)c(C(=O)C(OCCOP=O)c2ccccc2)c(OC)c1. The average molecular weight is 392 g/mol. The second kappa shape index (κ2) is 10.6. The molecule has 0 aliphatic rings. The summed E-state index contributed by atoms with van der Waals surface area (Å²) in [5.74, 6) is 0.794. The van der Waals surface area contributed by atoms with E-state index in [9.17, 15) is 9.36 Å². The lowest BCUT2D eigenvalue weighted by molar-refractivity contribution is 0.0306. The summed E-state index contributed by atoms with van der Waals surface area (Å²) in [6.45, 7) is 0.167. The highest BCUT2D eigenvalue weighted by Crippen LogP contribution is 2.37. The van der Waals surface area contributed by atoms with E-state index in [1.54, 1.807) is 24.3 Å². The van der Waals surface area contributed by atoms with Gasteiger partial charge in [0.05, 0.1) is 34.5 Å². The van der Waals surface area contributed by atoms with Crippen LogP contribution in [0.3, 0.4) is 0 Å². The normalized spacial score (nSPS) is 11.8. The summed E-state index contributed by atoms with van der Waals surface area (Å²) in [6, 6.07) is 12.3. The van der Waals surface area contributed by atoms with Crippen LogP contribution in [0.2, 0.25) is 0 Å². The third kappa shape index (κ3) is 5.26. The molecule has 0 aliphatic carbocycles. The zero-order chi connectivity index (χ0) is 19.6. The van der Waals surface area contributed by atoms with Gasteiger partial charge in [-0.2, -0.15) is 0 Å². The molecule has 8 heteroatoms. The van der Waals surface area contributed by atoms with E-state index in [4.69, 9.17) is 23.5 Å². The lowest BCUT2D eigenvalue weighted by atomic mass is 9.98. The molecule has 0 spiro atoms. The molecule has 2 aromatic rings. The van der Waals surface area contributed by atoms with Gasteiger partial charge < -0.3 is 18.9 Å². The standard InChI is InChI=1S/C19H21O7P/c1-22-14-11-15(23-2)17(16(12-14)24-3)18(20)19(25-9-10-26-27-21)13-7-5-4-6-8-13/h4-8,11-12,19H,9-10H2,1-3H3. The molecule has 1 atom stereocenters. The van der Waals surface area contributed by atoms with E-state index in [2.05, 4.69) is 0 Å². The maximum absolute atomic E-state index is 13.3. The molecule has 0 radical (unpaired) electrons. The Labute approximate surface area is 159 Å². The van der Waals surface area contributed by atoms with Gasteiger partial charge in [-0.1, -0.05) is 30.3 Å². The van der Waals surface area contributed by atoms with Crippen molar-refractivity contribution in [2.24, 2.45) is 0 Å². The van der Waals surface area contributed by atoms with Crippen molar-refractivity contribution in [3.63, 3.8) is 0 Å². The predicted molar refractivity (Wildman–Crippen MR) is 99.1 cm³/mol. The highest BCUT2D eigenvalue weighted by molar-refractivity contribution is 7.17. The molecule has 0 saturated heterocycles. The number of hydrogen-bond donors (Lipinski definition) is 0. The minimum atomic E-state index is -0.908. The summed E-state index contributed by atoms with van der Waals surface area (Å²) in [4.78, 5) is 13.3. The van der Waals surface area contributed by atoms with Crippen LogP contribution in [0.1, 0.15) is 22.0 Å². The van der Waals surface area contributed by atoms with Gasteiger partial charge in [0.2, 0.25) is 5.78 Å². The fourth-order valence-corrected chi connectivity index (χ4v) is 2.72. The first-order chi connectivity index (χ1) is 13.2. The van der Waals surface area contributed by atoms with Crippen molar-refractivity contribution in [2.75, 3.05) is 34.5 Å². The number of methoxy groups -OCH3 is 3. The molecule has 0 aliphatic heterocycles. The largest absolute Gasteiger partial charge is 0.496 e. The molecule has 0 heterocycles. The van der Waals surface area contributed by atoms with Gasteiger partial charge in [-0.15, -0.1) is 0 Å². The summed E-state index contributed by atoms with van der Waals surface area (Å²) in [5, 5.41) is 0. The molecule has 0 aromatic heterocycles. The van der Waals surface area contributed by atoms with Crippen LogP contribution in [0, 0.1) is 0 Å². The molecule has 0 bridgehead atoms. The van der Waals surface area contributed by atoms with Gasteiger partial charge in [-0.25, -0.2) is 4.57 Å². The smallest absolute Gasteiger partial charge is 0.327 e. The van der Waals surface area contributed by atoms with Crippen LogP contribution in [0.15, 0.2) is 42.5 Å². The maximum atomic E-state index is 13.3. The van der Waals surface area contributed by atoms with Crippen LogP contribution >= 0.6 is 8.69 Å². The van der Waals surface area contributed by atoms with Gasteiger partial charge in [0.1, 0.15) is 28.9 Å². The Balaban J connectivity index is 2.43. The Morgan fingerprint density at radius 1 is 0.963 bits per heavy atom. The van der Waals surface area contributed by atoms with Crippen molar-refractivity contribution in [1.82, 2.24) is 0 Å². The molecule has 0 saturated carbocycles. The van der Waals surface area contributed by atoms with E-state index in [1.165, 1.54) is 21.3 Å². The second-order valence-corrected chi connectivity index (χ2v) is 5.75. The van der Waals surface area contributed by atoms with Crippen molar-refractivity contribution in [3.05, 3.63) is 53.6 Å². The van der Waals surface area contributed by atoms with Crippen molar-refractivity contribution < 1.29 is 32.8 Å². The van der Waals surface area contributed by atoms with Crippen molar-refractivity contribution in [2.45, 2.75) is 6.10 Å². The van der Waals surface area contributed by atoms with E-state index >= 15 is 0 Å². The zero-order valence-corrected chi connectivity index (χ0v) is 16.2. The van der Waals surface area contributed by atoms with E-state index in [0.717, 1.165) is 0 Å². The van der Waals surface area contributed by atoms with Crippen molar-refractivity contribution in [3.8, 4) is 17.2 Å². The van der Waals surface area contributed by atoms with Gasteiger partial charge in [0.25, 0.3) is 0 Å². The third-order valence-electron chi connectivity index (χ3n) is 3.81. The van der Waals surface area contributed by atoms with Crippen LogP contribution in [0.4, 0.5) is 0 Å². The quantitative estimate of drug-likeness (QED) is 0.326. The Bertz CT molecular complexity index is 739. The molecule has 1 unspecified atom stereocenters. The maximum Gasteiger partial charge on any atom is 0.327 e. The molecule has 0 fully saturated rings. The molecule has 27 heavy (non-hydrogen) atoms. The molecule has 7 nitrogen and oxygen atoms in total. The minimum Gasteiger partial charge on any atom is -0.496 e.